The van der Waals surface area contributed by atoms with E-state index >= 15 is 0 Å². The molecule has 1 amide bonds. The first-order chi connectivity index (χ1) is 12.2. The van der Waals surface area contributed by atoms with E-state index in [1.54, 1.807) is 12.1 Å². The number of benzene rings is 1. The maximum absolute atomic E-state index is 12.4. The van der Waals surface area contributed by atoms with Crippen molar-refractivity contribution in [2.75, 3.05) is 24.2 Å². The number of carbonyl (C=O) groups is 1. The molecule has 1 aromatic rings. The molecule has 26 heavy (non-hydrogen) atoms. The van der Waals surface area contributed by atoms with E-state index < -0.39 is 10.0 Å². The third kappa shape index (κ3) is 5.76. The van der Waals surface area contributed by atoms with Gasteiger partial charge in [0.25, 0.3) is 0 Å². The normalized spacial score (nSPS) is 15.7. The van der Waals surface area contributed by atoms with E-state index in [1.807, 2.05) is 11.9 Å². The third-order valence-electron chi connectivity index (χ3n) is 4.84. The van der Waals surface area contributed by atoms with Gasteiger partial charge in [0.05, 0.1) is 17.0 Å². The molecule has 1 aromatic carbocycles. The van der Waals surface area contributed by atoms with Crippen LogP contribution in [0, 0.1) is 0 Å². The van der Waals surface area contributed by atoms with Crippen LogP contribution in [0.15, 0.2) is 18.2 Å². The van der Waals surface area contributed by atoms with Gasteiger partial charge in [-0.1, -0.05) is 42.5 Å². The predicted molar refractivity (Wildman–Crippen MR) is 108 cm³/mol. The summed E-state index contributed by atoms with van der Waals surface area (Å²) in [6, 6.07) is 5.02. The maximum atomic E-state index is 12.4. The van der Waals surface area contributed by atoms with Gasteiger partial charge >= 0.3 is 0 Å². The summed E-state index contributed by atoms with van der Waals surface area (Å²) in [4.78, 5) is 14.3. The molecular formula is C18H26Cl2N2O3S. The summed E-state index contributed by atoms with van der Waals surface area (Å²) in [5, 5.41) is 0.719. The van der Waals surface area contributed by atoms with Gasteiger partial charge in [-0.05, 0) is 37.5 Å². The van der Waals surface area contributed by atoms with Crippen molar-refractivity contribution in [3.8, 4) is 0 Å². The lowest BCUT2D eigenvalue weighted by Crippen LogP contribution is -2.39. The van der Waals surface area contributed by atoms with Gasteiger partial charge in [0.15, 0.2) is 0 Å². The van der Waals surface area contributed by atoms with E-state index in [2.05, 4.69) is 0 Å². The molecule has 146 valence electrons. The second-order valence-corrected chi connectivity index (χ2v) is 9.58. The number of hydrogen-bond acceptors (Lipinski definition) is 3. The molecule has 8 heteroatoms. The lowest BCUT2D eigenvalue weighted by Gasteiger charge is -2.31. The monoisotopic (exact) mass is 420 g/mol. The minimum absolute atomic E-state index is 0.0579. The Kier molecular flexibility index (Phi) is 7.62. The summed E-state index contributed by atoms with van der Waals surface area (Å²) in [6.45, 7) is 0.184. The Balaban J connectivity index is 1.99. The van der Waals surface area contributed by atoms with Crippen LogP contribution in [-0.2, 0) is 14.8 Å². The first-order valence-corrected chi connectivity index (χ1v) is 11.5. The second kappa shape index (κ2) is 9.29. The first kappa shape index (κ1) is 21.3. The standard InChI is InChI=1S/C18H26Cl2N2O3S/c1-21(15-7-4-3-5-8-15)18(23)9-6-12-22(26(2,24)25)17-13-14(19)10-11-16(17)20/h10-11,13,15H,3-9,12H2,1-2H3. The average Bonchev–Trinajstić information content (AvgIpc) is 2.60. The molecule has 0 aliphatic heterocycles. The summed E-state index contributed by atoms with van der Waals surface area (Å²) >= 11 is 12.1. The zero-order valence-corrected chi connectivity index (χ0v) is 17.6. The molecule has 1 aliphatic rings. The molecule has 0 aromatic heterocycles. The van der Waals surface area contributed by atoms with Gasteiger partial charge in [0, 0.05) is 31.1 Å². The maximum Gasteiger partial charge on any atom is 0.232 e. The number of carbonyl (C=O) groups excluding carboxylic acids is 1. The summed E-state index contributed by atoms with van der Waals surface area (Å²) in [7, 11) is -1.68. The number of rotatable bonds is 7. The van der Waals surface area contributed by atoms with Crippen LogP contribution in [0.1, 0.15) is 44.9 Å². The van der Waals surface area contributed by atoms with Crippen molar-refractivity contribution in [1.82, 2.24) is 4.90 Å². The zero-order valence-electron chi connectivity index (χ0n) is 15.2. The zero-order chi connectivity index (χ0) is 19.3. The van der Waals surface area contributed by atoms with Crippen LogP contribution < -0.4 is 4.31 Å². The van der Waals surface area contributed by atoms with E-state index in [4.69, 9.17) is 23.2 Å². The minimum atomic E-state index is -3.53. The van der Waals surface area contributed by atoms with E-state index in [0.29, 0.717) is 34.6 Å². The van der Waals surface area contributed by atoms with Crippen molar-refractivity contribution in [1.29, 1.82) is 0 Å². The van der Waals surface area contributed by atoms with Crippen LogP contribution in [0.3, 0.4) is 0 Å². The van der Waals surface area contributed by atoms with Gasteiger partial charge < -0.3 is 4.90 Å². The van der Waals surface area contributed by atoms with Crippen molar-refractivity contribution < 1.29 is 13.2 Å². The van der Waals surface area contributed by atoms with Crippen LogP contribution in [0.4, 0.5) is 5.69 Å². The number of halogens is 2. The Bertz CT molecular complexity index is 734. The fourth-order valence-electron chi connectivity index (χ4n) is 3.36. The highest BCUT2D eigenvalue weighted by atomic mass is 35.5. The van der Waals surface area contributed by atoms with Gasteiger partial charge in [-0.2, -0.15) is 0 Å². The minimum Gasteiger partial charge on any atom is -0.343 e. The van der Waals surface area contributed by atoms with Crippen LogP contribution in [0.5, 0.6) is 0 Å². The van der Waals surface area contributed by atoms with Gasteiger partial charge in [0.2, 0.25) is 15.9 Å². The van der Waals surface area contributed by atoms with Crippen molar-refractivity contribution in [3.05, 3.63) is 28.2 Å². The van der Waals surface area contributed by atoms with Crippen LogP contribution in [0.2, 0.25) is 10.0 Å². The summed E-state index contributed by atoms with van der Waals surface area (Å²) in [6.07, 6.45) is 7.52. The summed E-state index contributed by atoms with van der Waals surface area (Å²) in [5.74, 6) is 0.0579. The Morgan fingerprint density at radius 2 is 1.85 bits per heavy atom. The molecule has 0 bridgehead atoms. The molecule has 0 spiro atoms. The molecule has 0 radical (unpaired) electrons. The second-order valence-electron chi connectivity index (χ2n) is 6.83. The van der Waals surface area contributed by atoms with Crippen LogP contribution >= 0.6 is 23.2 Å². The Hall–Kier alpha value is -0.980. The predicted octanol–water partition coefficient (Wildman–Crippen LogP) is 4.33. The van der Waals surface area contributed by atoms with Gasteiger partial charge in [-0.15, -0.1) is 0 Å². The molecule has 1 aliphatic carbocycles. The molecule has 2 rings (SSSR count). The first-order valence-electron chi connectivity index (χ1n) is 8.88. The fourth-order valence-corrected chi connectivity index (χ4v) is 4.77. The number of sulfonamides is 1. The third-order valence-corrected chi connectivity index (χ3v) is 6.58. The molecule has 0 saturated heterocycles. The van der Waals surface area contributed by atoms with Crippen molar-refractivity contribution >= 4 is 44.8 Å². The molecule has 0 unspecified atom stereocenters. The molecule has 1 fully saturated rings. The van der Waals surface area contributed by atoms with Crippen molar-refractivity contribution in [3.63, 3.8) is 0 Å². The van der Waals surface area contributed by atoms with Crippen LogP contribution in [0.25, 0.3) is 0 Å². The Labute approximate surface area is 166 Å². The molecular weight excluding hydrogens is 395 g/mol. The summed E-state index contributed by atoms with van der Waals surface area (Å²) < 4.78 is 25.6. The smallest absolute Gasteiger partial charge is 0.232 e. The van der Waals surface area contributed by atoms with Gasteiger partial charge in [-0.3, -0.25) is 9.10 Å². The van der Waals surface area contributed by atoms with Crippen molar-refractivity contribution in [2.24, 2.45) is 0 Å². The van der Waals surface area contributed by atoms with Crippen LogP contribution in [-0.4, -0.2) is 45.1 Å². The number of anilines is 1. The lowest BCUT2D eigenvalue weighted by atomic mass is 9.94. The number of amides is 1. The SMILES string of the molecule is CN(C(=O)CCCN(c1cc(Cl)ccc1Cl)S(C)(=O)=O)C1CCCCC1. The van der Waals surface area contributed by atoms with Gasteiger partial charge in [0.1, 0.15) is 0 Å². The molecule has 5 nitrogen and oxygen atoms in total. The average molecular weight is 421 g/mol. The molecule has 0 atom stereocenters. The quantitative estimate of drug-likeness (QED) is 0.659. The molecule has 0 heterocycles. The van der Waals surface area contributed by atoms with E-state index in [9.17, 15) is 13.2 Å². The highest BCUT2D eigenvalue weighted by molar-refractivity contribution is 7.92. The Morgan fingerprint density at radius 1 is 1.19 bits per heavy atom. The number of hydrogen-bond donors (Lipinski definition) is 0. The topological polar surface area (TPSA) is 57.7 Å². The van der Waals surface area contributed by atoms with Gasteiger partial charge in [-0.25, -0.2) is 8.42 Å². The lowest BCUT2D eigenvalue weighted by molar-refractivity contribution is -0.132. The molecule has 1 saturated carbocycles. The summed E-state index contributed by atoms with van der Waals surface area (Å²) in [5.41, 5.74) is 0.342. The highest BCUT2D eigenvalue weighted by Gasteiger charge is 2.24. The molecule has 0 N–H and O–H groups in total. The highest BCUT2D eigenvalue weighted by Crippen LogP contribution is 2.31. The Morgan fingerprint density at radius 3 is 2.46 bits per heavy atom. The van der Waals surface area contributed by atoms with Crippen molar-refractivity contribution in [2.45, 2.75) is 51.0 Å². The fraction of sp³-hybridized carbons (Fsp3) is 0.611. The van der Waals surface area contributed by atoms with E-state index in [-0.39, 0.29) is 12.5 Å². The van der Waals surface area contributed by atoms with E-state index in [1.165, 1.54) is 16.8 Å². The number of nitrogens with zero attached hydrogens (tertiary/aromatic N) is 2. The largest absolute Gasteiger partial charge is 0.343 e. The van der Waals surface area contributed by atoms with E-state index in [0.717, 1.165) is 31.9 Å².